The highest BCUT2D eigenvalue weighted by atomic mass is 127. The molecule has 0 aliphatic heterocycles. The van der Waals surface area contributed by atoms with Gasteiger partial charge in [-0.3, -0.25) is 0 Å². The van der Waals surface area contributed by atoms with E-state index >= 15 is 0 Å². The van der Waals surface area contributed by atoms with E-state index in [4.69, 9.17) is 4.74 Å². The Morgan fingerprint density at radius 2 is 1.46 bits per heavy atom. The standard InChI is InChI=1S/C22H28INO2/c1-17-5-9-19(10-6-17)13-14-24(21(25)26-22(3,4)16-23)15-20-11-7-18(2)8-12-20/h5-12H,13-16H2,1-4H3. The lowest BCUT2D eigenvalue weighted by Crippen LogP contribution is -2.39. The van der Waals surface area contributed by atoms with E-state index in [1.54, 1.807) is 4.90 Å². The summed E-state index contributed by atoms with van der Waals surface area (Å²) in [5.41, 5.74) is 4.34. The van der Waals surface area contributed by atoms with Gasteiger partial charge in [-0.05, 0) is 45.2 Å². The molecule has 3 nitrogen and oxygen atoms in total. The molecular weight excluding hydrogens is 437 g/mol. The van der Waals surface area contributed by atoms with Gasteiger partial charge in [0.2, 0.25) is 0 Å². The van der Waals surface area contributed by atoms with Crippen LogP contribution in [0.3, 0.4) is 0 Å². The molecule has 0 saturated heterocycles. The number of amides is 1. The van der Waals surface area contributed by atoms with Crippen molar-refractivity contribution >= 4 is 28.7 Å². The fourth-order valence-corrected chi connectivity index (χ4v) is 2.65. The number of halogens is 1. The van der Waals surface area contributed by atoms with Gasteiger partial charge in [-0.25, -0.2) is 4.79 Å². The molecule has 2 aromatic carbocycles. The molecule has 0 spiro atoms. The van der Waals surface area contributed by atoms with Gasteiger partial charge in [0.25, 0.3) is 0 Å². The molecule has 4 heteroatoms. The van der Waals surface area contributed by atoms with Gasteiger partial charge in [0.15, 0.2) is 0 Å². The molecule has 0 fully saturated rings. The van der Waals surface area contributed by atoms with Crippen molar-refractivity contribution < 1.29 is 9.53 Å². The fourth-order valence-electron chi connectivity index (χ4n) is 2.50. The van der Waals surface area contributed by atoms with Crippen LogP contribution in [0.15, 0.2) is 48.5 Å². The van der Waals surface area contributed by atoms with E-state index in [9.17, 15) is 4.79 Å². The van der Waals surface area contributed by atoms with Gasteiger partial charge >= 0.3 is 6.09 Å². The van der Waals surface area contributed by atoms with Gasteiger partial charge in [0.1, 0.15) is 5.60 Å². The molecule has 0 unspecified atom stereocenters. The maximum atomic E-state index is 12.8. The van der Waals surface area contributed by atoms with Crippen LogP contribution in [0.4, 0.5) is 4.79 Å². The van der Waals surface area contributed by atoms with Crippen LogP contribution < -0.4 is 0 Å². The van der Waals surface area contributed by atoms with E-state index in [1.165, 1.54) is 16.7 Å². The molecule has 0 N–H and O–H groups in total. The van der Waals surface area contributed by atoms with E-state index in [-0.39, 0.29) is 6.09 Å². The summed E-state index contributed by atoms with van der Waals surface area (Å²) in [5, 5.41) is 0. The van der Waals surface area contributed by atoms with Crippen LogP contribution in [0.25, 0.3) is 0 Å². The Morgan fingerprint density at radius 3 is 1.96 bits per heavy atom. The average Bonchev–Trinajstić information content (AvgIpc) is 2.61. The summed E-state index contributed by atoms with van der Waals surface area (Å²) >= 11 is 2.25. The number of rotatable bonds is 7. The highest BCUT2D eigenvalue weighted by Crippen LogP contribution is 2.17. The van der Waals surface area contributed by atoms with Crippen molar-refractivity contribution in [2.24, 2.45) is 0 Å². The molecule has 2 rings (SSSR count). The average molecular weight is 465 g/mol. The molecule has 26 heavy (non-hydrogen) atoms. The molecule has 2 aromatic rings. The summed E-state index contributed by atoms with van der Waals surface area (Å²) in [5.74, 6) is 0. The van der Waals surface area contributed by atoms with Crippen LogP contribution in [-0.2, 0) is 17.7 Å². The number of ether oxygens (including phenoxy) is 1. The second kappa shape index (κ2) is 9.40. The summed E-state index contributed by atoms with van der Waals surface area (Å²) < 4.78 is 6.49. The summed E-state index contributed by atoms with van der Waals surface area (Å²) in [6.07, 6.45) is 0.561. The monoisotopic (exact) mass is 465 g/mol. The fraction of sp³-hybridized carbons (Fsp3) is 0.409. The Kier molecular flexibility index (Phi) is 7.50. The maximum absolute atomic E-state index is 12.8. The lowest BCUT2D eigenvalue weighted by molar-refractivity contribution is 0.0279. The highest BCUT2D eigenvalue weighted by molar-refractivity contribution is 14.1. The molecule has 0 aromatic heterocycles. The summed E-state index contributed by atoms with van der Waals surface area (Å²) in [6.45, 7) is 9.23. The van der Waals surface area contributed by atoms with Crippen LogP contribution in [0.1, 0.15) is 36.1 Å². The maximum Gasteiger partial charge on any atom is 0.410 e. The number of hydrogen-bond donors (Lipinski definition) is 0. The molecule has 0 bridgehead atoms. The summed E-state index contributed by atoms with van der Waals surface area (Å²) in [7, 11) is 0. The zero-order valence-corrected chi connectivity index (χ0v) is 18.2. The molecule has 0 radical (unpaired) electrons. The van der Waals surface area contributed by atoms with Crippen molar-refractivity contribution in [3.8, 4) is 0 Å². The van der Waals surface area contributed by atoms with E-state index in [2.05, 4.69) is 85.0 Å². The Bertz CT molecular complexity index is 708. The number of carbonyl (C=O) groups excluding carboxylic acids is 1. The molecule has 0 atom stereocenters. The van der Waals surface area contributed by atoms with Crippen LogP contribution >= 0.6 is 22.6 Å². The van der Waals surface area contributed by atoms with Gasteiger partial charge < -0.3 is 9.64 Å². The van der Waals surface area contributed by atoms with E-state index in [0.29, 0.717) is 13.1 Å². The SMILES string of the molecule is Cc1ccc(CCN(Cc2ccc(C)cc2)C(=O)OC(C)(C)CI)cc1. The molecule has 140 valence electrons. The van der Waals surface area contributed by atoms with Crippen molar-refractivity contribution in [3.63, 3.8) is 0 Å². The first-order valence-corrected chi connectivity index (χ1v) is 10.5. The Balaban J connectivity index is 2.10. The van der Waals surface area contributed by atoms with Crippen molar-refractivity contribution in [2.75, 3.05) is 11.0 Å². The number of benzene rings is 2. The third kappa shape index (κ3) is 6.63. The van der Waals surface area contributed by atoms with E-state index < -0.39 is 5.60 Å². The minimum Gasteiger partial charge on any atom is -0.443 e. The van der Waals surface area contributed by atoms with E-state index in [1.807, 2.05) is 13.8 Å². The predicted octanol–water partition coefficient (Wildman–Crippen LogP) is 5.70. The zero-order valence-electron chi connectivity index (χ0n) is 16.1. The molecule has 0 aliphatic rings. The summed E-state index contributed by atoms with van der Waals surface area (Å²) in [6, 6.07) is 16.8. The van der Waals surface area contributed by atoms with Gasteiger partial charge in [-0.15, -0.1) is 0 Å². The second-order valence-electron chi connectivity index (χ2n) is 7.40. The Hall–Kier alpha value is -1.56. The first-order valence-electron chi connectivity index (χ1n) is 8.94. The first kappa shape index (κ1) is 20.7. The lowest BCUT2D eigenvalue weighted by Gasteiger charge is -2.29. The minimum absolute atomic E-state index is 0.251. The first-order chi connectivity index (χ1) is 12.3. The van der Waals surface area contributed by atoms with Crippen LogP contribution in [0.2, 0.25) is 0 Å². The highest BCUT2D eigenvalue weighted by Gasteiger charge is 2.25. The number of hydrogen-bond acceptors (Lipinski definition) is 2. The summed E-state index contributed by atoms with van der Waals surface area (Å²) in [4.78, 5) is 14.6. The topological polar surface area (TPSA) is 29.5 Å². The minimum atomic E-state index is -0.465. The molecule has 0 saturated carbocycles. The third-order valence-electron chi connectivity index (χ3n) is 4.23. The Labute approximate surface area is 170 Å². The quantitative estimate of drug-likeness (QED) is 0.388. The van der Waals surface area contributed by atoms with Gasteiger partial charge in [-0.1, -0.05) is 82.2 Å². The van der Waals surface area contributed by atoms with Gasteiger partial charge in [0.05, 0.1) is 0 Å². The third-order valence-corrected chi connectivity index (χ3v) is 6.07. The number of nitrogens with zero attached hydrogens (tertiary/aromatic N) is 1. The number of aryl methyl sites for hydroxylation is 2. The van der Waals surface area contributed by atoms with Gasteiger partial charge in [-0.2, -0.15) is 0 Å². The van der Waals surface area contributed by atoms with Crippen molar-refractivity contribution in [1.82, 2.24) is 4.90 Å². The van der Waals surface area contributed by atoms with Crippen molar-refractivity contribution in [2.45, 2.75) is 46.3 Å². The van der Waals surface area contributed by atoms with Crippen LogP contribution in [-0.4, -0.2) is 27.6 Å². The molecule has 0 heterocycles. The molecule has 0 aliphatic carbocycles. The van der Waals surface area contributed by atoms with Crippen LogP contribution in [0.5, 0.6) is 0 Å². The molecular formula is C22H28INO2. The van der Waals surface area contributed by atoms with Gasteiger partial charge in [0, 0.05) is 17.5 Å². The molecule has 1 amide bonds. The number of carbonyl (C=O) groups is 1. The van der Waals surface area contributed by atoms with E-state index in [0.717, 1.165) is 16.4 Å². The lowest BCUT2D eigenvalue weighted by atomic mass is 10.1. The van der Waals surface area contributed by atoms with Crippen molar-refractivity contribution in [3.05, 3.63) is 70.8 Å². The second-order valence-corrected chi connectivity index (χ2v) is 8.17. The number of alkyl halides is 1. The largest absolute Gasteiger partial charge is 0.443 e. The smallest absolute Gasteiger partial charge is 0.410 e. The normalized spacial score (nSPS) is 11.3. The predicted molar refractivity (Wildman–Crippen MR) is 116 cm³/mol. The van der Waals surface area contributed by atoms with Crippen molar-refractivity contribution in [1.29, 1.82) is 0 Å². The van der Waals surface area contributed by atoms with Crippen LogP contribution in [0, 0.1) is 13.8 Å². The Morgan fingerprint density at radius 1 is 0.962 bits per heavy atom. The zero-order chi connectivity index (χ0) is 19.2.